The molecule has 0 saturated heterocycles. The van der Waals surface area contributed by atoms with Crippen LogP contribution in [0.3, 0.4) is 0 Å². The summed E-state index contributed by atoms with van der Waals surface area (Å²) in [7, 11) is 0. The van der Waals surface area contributed by atoms with E-state index in [2.05, 4.69) is 41.5 Å². The molecular formula is C34H34ClF3N8O5. The Morgan fingerprint density at radius 3 is 2.08 bits per heavy atom. The number of anilines is 4. The van der Waals surface area contributed by atoms with Crippen molar-refractivity contribution in [2.45, 2.75) is 44.0 Å². The lowest BCUT2D eigenvalue weighted by Gasteiger charge is -2.24. The first-order chi connectivity index (χ1) is 24.1. The lowest BCUT2D eigenvalue weighted by atomic mass is 10.1. The molecule has 1 atom stereocenters. The molecule has 1 heterocycles. The van der Waals surface area contributed by atoms with Crippen molar-refractivity contribution >= 4 is 52.6 Å². The van der Waals surface area contributed by atoms with Crippen LogP contribution in [-0.4, -0.2) is 69.3 Å². The van der Waals surface area contributed by atoms with E-state index in [1.165, 1.54) is 31.2 Å². The Morgan fingerprint density at radius 2 is 1.45 bits per heavy atom. The monoisotopic (exact) mass is 726 g/mol. The summed E-state index contributed by atoms with van der Waals surface area (Å²) in [6.07, 6.45) is -3.17. The topological polar surface area (TPSA) is 179 Å². The zero-order valence-electron chi connectivity index (χ0n) is 27.4. The van der Waals surface area contributed by atoms with Crippen molar-refractivity contribution in [3.63, 3.8) is 0 Å². The van der Waals surface area contributed by atoms with Crippen molar-refractivity contribution in [1.29, 1.82) is 0 Å². The summed E-state index contributed by atoms with van der Waals surface area (Å²) in [4.78, 5) is 49.5. The lowest BCUT2D eigenvalue weighted by molar-refractivity contribution is -0.154. The maximum atomic E-state index is 12.9. The number of aliphatic hydroxyl groups is 1. The molecule has 0 spiro atoms. The number of carbonyl (C=O) groups is 3. The lowest BCUT2D eigenvalue weighted by Crippen LogP contribution is -2.50. The number of benzene rings is 3. The van der Waals surface area contributed by atoms with Gasteiger partial charge in [-0.25, -0.2) is 0 Å². The fourth-order valence-corrected chi connectivity index (χ4v) is 4.84. The summed E-state index contributed by atoms with van der Waals surface area (Å²) in [6, 6.07) is 19.4. The van der Waals surface area contributed by atoms with Crippen molar-refractivity contribution in [2.75, 3.05) is 35.6 Å². The molecule has 0 bridgehead atoms. The zero-order chi connectivity index (χ0) is 36.8. The van der Waals surface area contributed by atoms with Gasteiger partial charge in [-0.15, -0.1) is 0 Å². The highest BCUT2D eigenvalue weighted by atomic mass is 35.5. The molecule has 1 aromatic heterocycles. The van der Waals surface area contributed by atoms with Crippen LogP contribution in [-0.2, 0) is 15.1 Å². The number of ether oxygens (including phenoxy) is 1. The van der Waals surface area contributed by atoms with Crippen LogP contribution in [0.15, 0.2) is 72.8 Å². The third-order valence-electron chi connectivity index (χ3n) is 7.66. The number of hydrogen-bond donors (Lipinski definition) is 6. The molecule has 1 aliphatic rings. The average Bonchev–Trinajstić information content (AvgIpc) is 3.86. The molecule has 1 fully saturated rings. The number of nitrogens with one attached hydrogen (secondary N) is 5. The average molecular weight is 727 g/mol. The second kappa shape index (κ2) is 15.2. The minimum absolute atomic E-state index is 0.0109. The van der Waals surface area contributed by atoms with Gasteiger partial charge in [-0.2, -0.15) is 28.1 Å². The van der Waals surface area contributed by atoms with Crippen molar-refractivity contribution in [3.8, 4) is 6.01 Å². The van der Waals surface area contributed by atoms with Crippen molar-refractivity contribution in [1.82, 2.24) is 25.6 Å². The summed E-state index contributed by atoms with van der Waals surface area (Å²) in [5.41, 5.74) is 0.795. The Labute approximate surface area is 295 Å². The molecule has 51 heavy (non-hydrogen) atoms. The highest BCUT2D eigenvalue weighted by Crippen LogP contribution is 2.48. The van der Waals surface area contributed by atoms with Gasteiger partial charge in [0.05, 0.1) is 11.1 Å². The number of aromatic nitrogens is 3. The molecule has 1 aliphatic carbocycles. The van der Waals surface area contributed by atoms with Crippen molar-refractivity contribution in [2.24, 2.45) is 0 Å². The molecule has 13 nitrogen and oxygen atoms in total. The third-order valence-corrected chi connectivity index (χ3v) is 7.91. The van der Waals surface area contributed by atoms with Gasteiger partial charge in [0.2, 0.25) is 11.9 Å². The van der Waals surface area contributed by atoms with Crippen LogP contribution >= 0.6 is 11.6 Å². The SMILES string of the molecule is Cc1ccc(NC(=O)C(=O)NCC(C)(O)CNC(=O)c2ccc(Nc3nc(NC4(c5ccc(Cl)cc5)CC4)nc(OCC(F)(F)F)n3)cc2)cc1. The minimum Gasteiger partial charge on any atom is -0.454 e. The van der Waals surface area contributed by atoms with E-state index in [0.717, 1.165) is 24.0 Å². The molecule has 6 N–H and O–H groups in total. The van der Waals surface area contributed by atoms with Gasteiger partial charge in [-0.3, -0.25) is 14.4 Å². The van der Waals surface area contributed by atoms with Gasteiger partial charge in [0.15, 0.2) is 6.61 Å². The van der Waals surface area contributed by atoms with Crippen LogP contribution in [0.2, 0.25) is 5.02 Å². The van der Waals surface area contributed by atoms with E-state index < -0.39 is 47.7 Å². The summed E-state index contributed by atoms with van der Waals surface area (Å²) in [5.74, 6) is -2.54. The van der Waals surface area contributed by atoms with Gasteiger partial charge in [-0.1, -0.05) is 41.4 Å². The molecule has 4 aromatic rings. The Hall–Kier alpha value is -5.48. The molecule has 0 radical (unpaired) electrons. The van der Waals surface area contributed by atoms with E-state index in [0.29, 0.717) is 16.4 Å². The summed E-state index contributed by atoms with van der Waals surface area (Å²) in [5, 5.41) is 24.7. The molecule has 3 amide bonds. The van der Waals surface area contributed by atoms with Gasteiger partial charge >= 0.3 is 24.0 Å². The highest BCUT2D eigenvalue weighted by Gasteiger charge is 2.45. The highest BCUT2D eigenvalue weighted by molar-refractivity contribution is 6.39. The van der Waals surface area contributed by atoms with Crippen molar-refractivity contribution < 1.29 is 37.4 Å². The number of hydrogen-bond acceptors (Lipinski definition) is 10. The van der Waals surface area contributed by atoms with Crippen LogP contribution in [0.5, 0.6) is 6.01 Å². The van der Waals surface area contributed by atoms with E-state index >= 15 is 0 Å². The smallest absolute Gasteiger partial charge is 0.422 e. The number of nitrogens with zero attached hydrogens (tertiary/aromatic N) is 3. The number of halogens is 4. The first kappa shape index (κ1) is 36.8. The Bertz CT molecular complexity index is 1870. The van der Waals surface area contributed by atoms with Crippen LogP contribution in [0.25, 0.3) is 0 Å². The molecule has 5 rings (SSSR count). The molecule has 1 saturated carbocycles. The summed E-state index contributed by atoms with van der Waals surface area (Å²) >= 11 is 6.02. The molecule has 3 aromatic carbocycles. The molecule has 268 valence electrons. The van der Waals surface area contributed by atoms with Crippen LogP contribution in [0.4, 0.5) is 36.4 Å². The maximum Gasteiger partial charge on any atom is 0.422 e. The fourth-order valence-electron chi connectivity index (χ4n) is 4.72. The minimum atomic E-state index is -4.62. The number of rotatable bonds is 13. The maximum absolute atomic E-state index is 12.9. The second-order valence-corrected chi connectivity index (χ2v) is 12.7. The van der Waals surface area contributed by atoms with Crippen LogP contribution in [0, 0.1) is 6.92 Å². The van der Waals surface area contributed by atoms with Crippen molar-refractivity contribution in [3.05, 3.63) is 94.5 Å². The van der Waals surface area contributed by atoms with Gasteiger partial charge < -0.3 is 36.4 Å². The summed E-state index contributed by atoms with van der Waals surface area (Å²) < 4.78 is 43.5. The first-order valence-electron chi connectivity index (χ1n) is 15.6. The predicted octanol–water partition coefficient (Wildman–Crippen LogP) is 4.86. The zero-order valence-corrected chi connectivity index (χ0v) is 28.2. The number of aryl methyl sites for hydroxylation is 1. The fraction of sp³-hybridized carbons (Fsp3) is 0.294. The molecular weight excluding hydrogens is 693 g/mol. The molecule has 17 heteroatoms. The van der Waals surface area contributed by atoms with Gasteiger partial charge in [-0.05, 0) is 80.8 Å². The largest absolute Gasteiger partial charge is 0.454 e. The van der Waals surface area contributed by atoms with E-state index in [9.17, 15) is 32.7 Å². The number of amides is 3. The third kappa shape index (κ3) is 10.8. The predicted molar refractivity (Wildman–Crippen MR) is 183 cm³/mol. The van der Waals surface area contributed by atoms with Gasteiger partial charge in [0, 0.05) is 35.1 Å². The standard InChI is InChI=1S/C34H34ClF3N8O5/c1-20-3-11-24(12-4-20)41-28(49)27(48)40-18-32(2,50)17-39-26(47)21-5-13-25(14-6-21)42-29-43-30(45-31(44-29)51-19-34(36,37)38)46-33(15-16-33)22-7-9-23(35)10-8-22/h3-14,50H,15-19H2,1-2H3,(H,39,47)(H,40,48)(H,41,49)(H2,42,43,44,45,46). The Kier molecular flexibility index (Phi) is 11.0. The van der Waals surface area contributed by atoms with E-state index in [-0.39, 0.29) is 30.5 Å². The molecule has 0 aliphatic heterocycles. The van der Waals surface area contributed by atoms with E-state index in [4.69, 9.17) is 16.3 Å². The summed E-state index contributed by atoms with van der Waals surface area (Å²) in [6.45, 7) is 1.07. The van der Waals surface area contributed by atoms with Gasteiger partial charge in [0.1, 0.15) is 0 Å². The van der Waals surface area contributed by atoms with Gasteiger partial charge in [0.25, 0.3) is 5.91 Å². The second-order valence-electron chi connectivity index (χ2n) is 12.3. The molecule has 1 unspecified atom stereocenters. The van der Waals surface area contributed by atoms with E-state index in [1.54, 1.807) is 36.4 Å². The Balaban J connectivity index is 1.17. The van der Waals surface area contributed by atoms with Crippen LogP contribution in [0.1, 0.15) is 41.3 Å². The van der Waals surface area contributed by atoms with Crippen LogP contribution < -0.4 is 31.3 Å². The Morgan fingerprint density at radius 1 is 0.843 bits per heavy atom. The number of carbonyl (C=O) groups excluding carboxylic acids is 3. The van der Waals surface area contributed by atoms with E-state index in [1.807, 2.05) is 19.1 Å². The first-order valence-corrected chi connectivity index (χ1v) is 16.0. The quantitative estimate of drug-likeness (QED) is 0.104. The normalized spacial score (nSPS) is 14.4. The number of alkyl halides is 3.